The van der Waals surface area contributed by atoms with Crippen molar-refractivity contribution in [1.82, 2.24) is 9.80 Å². The number of carbonyl (C=O) groups excluding carboxylic acids is 2. The molecular weight excluding hydrogens is 414 g/mol. The molecule has 2 saturated heterocycles. The van der Waals surface area contributed by atoms with Crippen molar-refractivity contribution in [3.8, 4) is 5.75 Å². The zero-order valence-corrected chi connectivity index (χ0v) is 20.2. The molecule has 0 radical (unpaired) electrons. The Bertz CT molecular complexity index is 980. The Morgan fingerprint density at radius 2 is 1.58 bits per heavy atom. The first-order valence-electron chi connectivity index (χ1n) is 11.9. The number of para-hydroxylation sites is 2. The van der Waals surface area contributed by atoms with Gasteiger partial charge in [0, 0.05) is 51.1 Å². The Hall–Kier alpha value is -3.02. The molecule has 0 spiro atoms. The van der Waals surface area contributed by atoms with Gasteiger partial charge in [-0.2, -0.15) is 0 Å². The summed E-state index contributed by atoms with van der Waals surface area (Å²) in [5.74, 6) is 0.918. The first kappa shape index (κ1) is 23.1. The summed E-state index contributed by atoms with van der Waals surface area (Å²) in [7, 11) is 1.69. The van der Waals surface area contributed by atoms with Crippen LogP contribution in [0.3, 0.4) is 0 Å². The van der Waals surface area contributed by atoms with Crippen LogP contribution in [-0.4, -0.2) is 68.0 Å². The van der Waals surface area contributed by atoms with E-state index in [1.807, 2.05) is 41.8 Å². The molecule has 2 fully saturated rings. The first-order valence-corrected chi connectivity index (χ1v) is 11.9. The van der Waals surface area contributed by atoms with E-state index in [-0.39, 0.29) is 29.6 Å². The highest BCUT2D eigenvalue weighted by Gasteiger charge is 2.42. The number of hydrogen-bond donors (Lipinski definition) is 0. The number of aryl methyl sites for hydroxylation is 1. The Labute approximate surface area is 197 Å². The topological polar surface area (TPSA) is 53.1 Å². The number of hydrogen-bond acceptors (Lipinski definition) is 4. The molecule has 6 heteroatoms. The van der Waals surface area contributed by atoms with E-state index in [2.05, 4.69) is 42.2 Å². The zero-order chi connectivity index (χ0) is 23.5. The van der Waals surface area contributed by atoms with Crippen molar-refractivity contribution in [3.63, 3.8) is 0 Å². The van der Waals surface area contributed by atoms with Gasteiger partial charge in [-0.1, -0.05) is 55.8 Å². The number of nitrogens with zero attached hydrogens (tertiary/aromatic N) is 3. The van der Waals surface area contributed by atoms with Gasteiger partial charge in [0.2, 0.25) is 11.8 Å². The summed E-state index contributed by atoms with van der Waals surface area (Å²) in [6.45, 7) is 9.91. The lowest BCUT2D eigenvalue weighted by Crippen LogP contribution is -2.51. The highest BCUT2D eigenvalue weighted by atomic mass is 16.5. The number of likely N-dealkylation sites (tertiary alicyclic amines) is 1. The number of amides is 2. The fraction of sp³-hybridized carbons (Fsp3) is 0.481. The monoisotopic (exact) mass is 449 g/mol. The Morgan fingerprint density at radius 1 is 0.909 bits per heavy atom. The summed E-state index contributed by atoms with van der Waals surface area (Å²) in [4.78, 5) is 32.6. The van der Waals surface area contributed by atoms with E-state index in [0.717, 1.165) is 30.1 Å². The Morgan fingerprint density at radius 3 is 2.21 bits per heavy atom. The highest BCUT2D eigenvalue weighted by molar-refractivity contribution is 5.84. The predicted octanol–water partition coefficient (Wildman–Crippen LogP) is 3.55. The number of anilines is 1. The number of benzene rings is 2. The summed E-state index contributed by atoms with van der Waals surface area (Å²) < 4.78 is 5.52. The molecule has 0 unspecified atom stereocenters. The molecule has 0 saturated carbocycles. The van der Waals surface area contributed by atoms with E-state index in [0.29, 0.717) is 26.2 Å². The number of piperazine rings is 1. The molecule has 2 aliphatic heterocycles. The Balaban J connectivity index is 1.49. The van der Waals surface area contributed by atoms with Crippen molar-refractivity contribution in [2.75, 3.05) is 51.3 Å². The van der Waals surface area contributed by atoms with Gasteiger partial charge in [-0.25, -0.2) is 0 Å². The molecule has 6 nitrogen and oxygen atoms in total. The molecule has 2 aromatic rings. The van der Waals surface area contributed by atoms with Gasteiger partial charge in [0.05, 0.1) is 18.7 Å². The summed E-state index contributed by atoms with van der Waals surface area (Å²) in [6.07, 6.45) is 0. The molecule has 2 amide bonds. The molecule has 0 bridgehead atoms. The van der Waals surface area contributed by atoms with Gasteiger partial charge in [-0.05, 0) is 24.6 Å². The van der Waals surface area contributed by atoms with Crippen LogP contribution >= 0.6 is 0 Å². The molecule has 4 rings (SSSR count). The maximum atomic E-state index is 13.7. The van der Waals surface area contributed by atoms with Crippen LogP contribution in [-0.2, 0) is 9.59 Å². The average Bonchev–Trinajstić information content (AvgIpc) is 3.29. The molecule has 2 heterocycles. The zero-order valence-electron chi connectivity index (χ0n) is 20.2. The second-order valence-corrected chi connectivity index (χ2v) is 9.51. The first-order chi connectivity index (χ1) is 15.9. The van der Waals surface area contributed by atoms with Crippen molar-refractivity contribution >= 4 is 17.5 Å². The largest absolute Gasteiger partial charge is 0.495 e. The lowest BCUT2D eigenvalue weighted by molar-refractivity contribution is -0.136. The molecule has 176 valence electrons. The summed E-state index contributed by atoms with van der Waals surface area (Å²) in [5.41, 5.74) is 3.41. The second-order valence-electron chi connectivity index (χ2n) is 9.51. The van der Waals surface area contributed by atoms with Crippen LogP contribution in [0.5, 0.6) is 5.75 Å². The maximum absolute atomic E-state index is 13.7. The quantitative estimate of drug-likeness (QED) is 0.701. The second kappa shape index (κ2) is 9.86. The van der Waals surface area contributed by atoms with Gasteiger partial charge in [-0.15, -0.1) is 0 Å². The van der Waals surface area contributed by atoms with Crippen LogP contribution in [0.25, 0.3) is 0 Å². The van der Waals surface area contributed by atoms with E-state index in [1.165, 1.54) is 5.56 Å². The average molecular weight is 450 g/mol. The van der Waals surface area contributed by atoms with E-state index in [4.69, 9.17) is 4.74 Å². The van der Waals surface area contributed by atoms with Crippen LogP contribution in [0.4, 0.5) is 5.69 Å². The maximum Gasteiger partial charge on any atom is 0.228 e. The van der Waals surface area contributed by atoms with E-state index in [1.54, 1.807) is 7.11 Å². The molecule has 0 aromatic heterocycles. The van der Waals surface area contributed by atoms with Crippen LogP contribution in [0.2, 0.25) is 0 Å². The molecule has 33 heavy (non-hydrogen) atoms. The Kier molecular flexibility index (Phi) is 6.91. The van der Waals surface area contributed by atoms with Crippen molar-refractivity contribution in [1.29, 1.82) is 0 Å². The van der Waals surface area contributed by atoms with Gasteiger partial charge in [0.25, 0.3) is 0 Å². The van der Waals surface area contributed by atoms with Gasteiger partial charge in [0.1, 0.15) is 5.75 Å². The van der Waals surface area contributed by atoms with Crippen LogP contribution < -0.4 is 9.64 Å². The standard InChI is InChI=1S/C27H35N3O3/c1-19(2)26(31)30-17-22(21-11-9-20(3)10-12-21)23(18-30)27(32)29-15-13-28(14-16-29)24-7-5-6-8-25(24)33-4/h5-12,19,22-23H,13-18H2,1-4H3/t22-,23-/m1/s1. The fourth-order valence-corrected chi connectivity index (χ4v) is 5.04. The third kappa shape index (κ3) is 4.85. The molecule has 0 N–H and O–H groups in total. The SMILES string of the molecule is COc1ccccc1N1CCN(C(=O)[C@@H]2CN(C(=O)C(C)C)C[C@@H]2c2ccc(C)cc2)CC1. The normalized spacial score (nSPS) is 20.9. The van der Waals surface area contributed by atoms with Crippen molar-refractivity contribution in [3.05, 3.63) is 59.7 Å². The molecular formula is C27H35N3O3. The number of ether oxygens (including phenoxy) is 1. The number of carbonyl (C=O) groups is 2. The highest BCUT2D eigenvalue weighted by Crippen LogP contribution is 2.36. The van der Waals surface area contributed by atoms with Crippen molar-refractivity contribution in [2.45, 2.75) is 26.7 Å². The molecule has 0 aliphatic carbocycles. The van der Waals surface area contributed by atoms with Gasteiger partial charge in [-0.3, -0.25) is 9.59 Å². The fourth-order valence-electron chi connectivity index (χ4n) is 5.04. The smallest absolute Gasteiger partial charge is 0.228 e. The minimum atomic E-state index is -0.201. The lowest BCUT2D eigenvalue weighted by atomic mass is 9.87. The van der Waals surface area contributed by atoms with E-state index >= 15 is 0 Å². The summed E-state index contributed by atoms with van der Waals surface area (Å²) in [6, 6.07) is 16.4. The third-order valence-electron chi connectivity index (χ3n) is 6.97. The molecule has 2 atom stereocenters. The van der Waals surface area contributed by atoms with E-state index in [9.17, 15) is 9.59 Å². The number of rotatable bonds is 5. The third-order valence-corrected chi connectivity index (χ3v) is 6.97. The van der Waals surface area contributed by atoms with Gasteiger partial charge in [0.15, 0.2) is 0 Å². The summed E-state index contributed by atoms with van der Waals surface area (Å²) >= 11 is 0. The van der Waals surface area contributed by atoms with Crippen molar-refractivity contribution < 1.29 is 14.3 Å². The molecule has 2 aromatic carbocycles. The summed E-state index contributed by atoms with van der Waals surface area (Å²) in [5, 5.41) is 0. The van der Waals surface area contributed by atoms with Gasteiger partial charge >= 0.3 is 0 Å². The van der Waals surface area contributed by atoms with Crippen LogP contribution in [0.15, 0.2) is 48.5 Å². The lowest BCUT2D eigenvalue weighted by Gasteiger charge is -2.38. The van der Waals surface area contributed by atoms with Crippen LogP contribution in [0, 0.1) is 18.8 Å². The van der Waals surface area contributed by atoms with Gasteiger partial charge < -0.3 is 19.4 Å². The number of methoxy groups -OCH3 is 1. The van der Waals surface area contributed by atoms with Crippen LogP contribution in [0.1, 0.15) is 30.9 Å². The minimum absolute atomic E-state index is 0.0352. The predicted molar refractivity (Wildman–Crippen MR) is 131 cm³/mol. The minimum Gasteiger partial charge on any atom is -0.495 e. The van der Waals surface area contributed by atoms with Crippen molar-refractivity contribution in [2.24, 2.45) is 11.8 Å². The molecule has 2 aliphatic rings. The van der Waals surface area contributed by atoms with E-state index < -0.39 is 0 Å².